The number of carbonyl (C=O) groups is 1. The third kappa shape index (κ3) is 7.56. The fourth-order valence-corrected chi connectivity index (χ4v) is 4.27. The second-order valence-corrected chi connectivity index (χ2v) is 10.3. The van der Waals surface area contributed by atoms with Gasteiger partial charge >= 0.3 is 0 Å². The Kier molecular flexibility index (Phi) is 7.64. The minimum absolute atomic E-state index is 0.0292. The van der Waals surface area contributed by atoms with Crippen LogP contribution in [0.4, 0.5) is 5.69 Å². The number of primary sulfonamides is 1. The number of anilines is 1. The van der Waals surface area contributed by atoms with Crippen LogP contribution in [0.5, 0.6) is 0 Å². The Balaban J connectivity index is 1.52. The van der Waals surface area contributed by atoms with Gasteiger partial charge in [0.25, 0.3) is 15.9 Å². The SMILES string of the molecule is NS(=O)(=O)c1ccc(CCNC(=O)c2ccc(NS(=O)(=O)C=Cc3ccccc3)cc2)cc1. The molecule has 0 radical (unpaired) electrons. The lowest BCUT2D eigenvalue weighted by molar-refractivity contribution is 0.0954. The molecule has 0 aliphatic carbocycles. The molecule has 3 rings (SSSR count). The topological polar surface area (TPSA) is 135 Å². The molecule has 0 aliphatic heterocycles. The number of hydrogen-bond donors (Lipinski definition) is 3. The Morgan fingerprint density at radius 3 is 2.09 bits per heavy atom. The minimum atomic E-state index is -3.74. The summed E-state index contributed by atoms with van der Waals surface area (Å²) >= 11 is 0. The van der Waals surface area contributed by atoms with Crippen molar-refractivity contribution in [1.29, 1.82) is 0 Å². The highest BCUT2D eigenvalue weighted by Crippen LogP contribution is 2.13. The lowest BCUT2D eigenvalue weighted by Gasteiger charge is -2.08. The first-order valence-corrected chi connectivity index (χ1v) is 13.0. The molecule has 3 aromatic rings. The summed E-state index contributed by atoms with van der Waals surface area (Å²) in [6.45, 7) is 0.340. The molecule has 0 saturated carbocycles. The average molecular weight is 486 g/mol. The Morgan fingerprint density at radius 1 is 0.848 bits per heavy atom. The Morgan fingerprint density at radius 2 is 1.48 bits per heavy atom. The van der Waals surface area contributed by atoms with Gasteiger partial charge in [-0.05, 0) is 60.0 Å². The number of rotatable bonds is 9. The summed E-state index contributed by atoms with van der Waals surface area (Å²) in [4.78, 5) is 12.3. The van der Waals surface area contributed by atoms with Crippen molar-refractivity contribution in [1.82, 2.24) is 5.32 Å². The fourth-order valence-electron chi connectivity index (χ4n) is 2.89. The van der Waals surface area contributed by atoms with Crippen molar-refractivity contribution >= 4 is 37.7 Å². The summed E-state index contributed by atoms with van der Waals surface area (Å²) < 4.78 is 49.4. The third-order valence-electron chi connectivity index (χ3n) is 4.60. The van der Waals surface area contributed by atoms with Gasteiger partial charge in [-0.25, -0.2) is 22.0 Å². The summed E-state index contributed by atoms with van der Waals surface area (Å²) in [6.07, 6.45) is 1.99. The summed E-state index contributed by atoms with van der Waals surface area (Å²) in [5.41, 5.74) is 2.31. The molecule has 0 atom stereocenters. The molecule has 0 heterocycles. The number of benzene rings is 3. The van der Waals surface area contributed by atoms with Crippen molar-refractivity contribution < 1.29 is 21.6 Å². The van der Waals surface area contributed by atoms with Crippen LogP contribution in [0.2, 0.25) is 0 Å². The van der Waals surface area contributed by atoms with Crippen LogP contribution >= 0.6 is 0 Å². The van der Waals surface area contributed by atoms with Gasteiger partial charge in [0.2, 0.25) is 10.0 Å². The van der Waals surface area contributed by atoms with Crippen molar-refractivity contribution in [3.63, 3.8) is 0 Å². The monoisotopic (exact) mass is 485 g/mol. The van der Waals surface area contributed by atoms with Crippen molar-refractivity contribution in [2.45, 2.75) is 11.3 Å². The highest BCUT2D eigenvalue weighted by Gasteiger charge is 2.09. The summed E-state index contributed by atoms with van der Waals surface area (Å²) in [7, 11) is -7.44. The van der Waals surface area contributed by atoms with Gasteiger partial charge in [0.15, 0.2) is 0 Å². The molecule has 0 spiro atoms. The van der Waals surface area contributed by atoms with Gasteiger partial charge in [0.1, 0.15) is 0 Å². The van der Waals surface area contributed by atoms with E-state index in [0.717, 1.165) is 16.5 Å². The van der Waals surface area contributed by atoms with Gasteiger partial charge in [-0.1, -0.05) is 42.5 Å². The van der Waals surface area contributed by atoms with E-state index in [9.17, 15) is 21.6 Å². The normalized spacial score (nSPS) is 11.9. The lowest BCUT2D eigenvalue weighted by atomic mass is 10.1. The number of hydrogen-bond acceptors (Lipinski definition) is 5. The molecule has 0 saturated heterocycles. The molecule has 0 unspecified atom stereocenters. The zero-order valence-electron chi connectivity index (χ0n) is 17.5. The lowest BCUT2D eigenvalue weighted by Crippen LogP contribution is -2.25. The second-order valence-electron chi connectivity index (χ2n) is 7.13. The molecule has 10 heteroatoms. The van der Waals surface area contributed by atoms with E-state index in [1.807, 2.05) is 18.2 Å². The molecule has 33 heavy (non-hydrogen) atoms. The van der Waals surface area contributed by atoms with Gasteiger partial charge in [-0.2, -0.15) is 0 Å². The summed E-state index contributed by atoms with van der Waals surface area (Å²) in [6, 6.07) is 21.2. The molecule has 0 aromatic heterocycles. The predicted octanol–water partition coefficient (Wildman–Crippen LogP) is 2.72. The number of amides is 1. The highest BCUT2D eigenvalue weighted by atomic mass is 32.2. The van der Waals surface area contributed by atoms with E-state index in [4.69, 9.17) is 5.14 Å². The second kappa shape index (κ2) is 10.4. The smallest absolute Gasteiger partial charge is 0.255 e. The standard InChI is InChI=1S/C23H23N3O5S2/c24-33(30,31)22-12-6-19(7-13-22)14-16-25-23(27)20-8-10-21(11-9-20)26-32(28,29)17-15-18-4-2-1-3-5-18/h1-13,15,17,26H,14,16H2,(H,25,27)(H2,24,30,31). The van der Waals surface area contributed by atoms with Crippen molar-refractivity contribution in [2.24, 2.45) is 5.14 Å². The van der Waals surface area contributed by atoms with Crippen LogP contribution in [0.3, 0.4) is 0 Å². The quantitative estimate of drug-likeness (QED) is 0.428. The van der Waals surface area contributed by atoms with Gasteiger partial charge in [-0.3, -0.25) is 9.52 Å². The maximum absolute atomic E-state index is 12.3. The van der Waals surface area contributed by atoms with Crippen molar-refractivity contribution in [3.8, 4) is 0 Å². The molecule has 172 valence electrons. The van der Waals surface area contributed by atoms with E-state index in [1.165, 1.54) is 42.5 Å². The van der Waals surface area contributed by atoms with Gasteiger partial charge in [0, 0.05) is 17.8 Å². The van der Waals surface area contributed by atoms with Gasteiger partial charge < -0.3 is 5.32 Å². The van der Waals surface area contributed by atoms with Crippen LogP contribution < -0.4 is 15.2 Å². The molecule has 0 bridgehead atoms. The van der Waals surface area contributed by atoms with Crippen LogP contribution in [0.15, 0.2) is 89.2 Å². The predicted molar refractivity (Wildman–Crippen MR) is 128 cm³/mol. The fraction of sp³-hybridized carbons (Fsp3) is 0.0870. The molecule has 3 aromatic carbocycles. The first-order chi connectivity index (χ1) is 15.6. The number of nitrogens with two attached hydrogens (primary N) is 1. The minimum Gasteiger partial charge on any atom is -0.352 e. The largest absolute Gasteiger partial charge is 0.352 e. The van der Waals surface area contributed by atoms with Crippen molar-refractivity contribution in [2.75, 3.05) is 11.3 Å². The van der Waals surface area contributed by atoms with Crippen LogP contribution in [0.25, 0.3) is 6.08 Å². The number of sulfonamides is 2. The third-order valence-corrected chi connectivity index (χ3v) is 6.54. The average Bonchev–Trinajstić information content (AvgIpc) is 2.78. The molecule has 0 fully saturated rings. The number of nitrogens with one attached hydrogen (secondary N) is 2. The van der Waals surface area contributed by atoms with Crippen LogP contribution in [0.1, 0.15) is 21.5 Å². The van der Waals surface area contributed by atoms with E-state index >= 15 is 0 Å². The molecule has 1 amide bonds. The maximum Gasteiger partial charge on any atom is 0.255 e. The summed E-state index contributed by atoms with van der Waals surface area (Å²) in [5.74, 6) is -0.311. The van der Waals surface area contributed by atoms with Gasteiger partial charge in [-0.15, -0.1) is 0 Å². The Hall–Kier alpha value is -3.47. The number of carbonyl (C=O) groups excluding carboxylic acids is 1. The highest BCUT2D eigenvalue weighted by molar-refractivity contribution is 7.95. The van der Waals surface area contributed by atoms with E-state index in [0.29, 0.717) is 24.2 Å². The van der Waals surface area contributed by atoms with Crippen LogP contribution in [-0.2, 0) is 26.5 Å². The molecule has 0 aliphatic rings. The van der Waals surface area contributed by atoms with Crippen LogP contribution in [-0.4, -0.2) is 29.3 Å². The molecular formula is C23H23N3O5S2. The van der Waals surface area contributed by atoms with Crippen LogP contribution in [0, 0.1) is 0 Å². The molecule has 8 nitrogen and oxygen atoms in total. The van der Waals surface area contributed by atoms with E-state index in [-0.39, 0.29) is 10.8 Å². The van der Waals surface area contributed by atoms with E-state index in [2.05, 4.69) is 10.0 Å². The maximum atomic E-state index is 12.3. The zero-order chi connectivity index (χ0) is 23.9. The first kappa shape index (κ1) is 24.2. The van der Waals surface area contributed by atoms with Crippen molar-refractivity contribution in [3.05, 3.63) is 101 Å². The Labute approximate surface area is 193 Å². The zero-order valence-corrected chi connectivity index (χ0v) is 19.1. The molecule has 4 N–H and O–H groups in total. The molecular weight excluding hydrogens is 462 g/mol. The first-order valence-electron chi connectivity index (χ1n) is 9.88. The van der Waals surface area contributed by atoms with E-state index in [1.54, 1.807) is 24.3 Å². The summed E-state index contributed by atoms with van der Waals surface area (Å²) in [5, 5.41) is 8.92. The Bertz CT molecular complexity index is 1340. The van der Waals surface area contributed by atoms with E-state index < -0.39 is 20.0 Å². The van der Waals surface area contributed by atoms with Gasteiger partial charge in [0.05, 0.1) is 10.3 Å².